The van der Waals surface area contributed by atoms with E-state index in [9.17, 15) is 10.1 Å². The predicted molar refractivity (Wildman–Crippen MR) is 88.4 cm³/mol. The first-order chi connectivity index (χ1) is 9.97. The zero-order valence-corrected chi connectivity index (χ0v) is 13.2. The standard InChI is InChI=1S/C15H21N3O2S/c1-10-4-3-5-14(11(10)2)17-15(21)16-12-6-8-13(9-7-12)18(19)20/h6-11,14H,3-5H2,1-2H3,(H2,16,17,21)/t10-,11+,14-/m0/s1. The number of thiocarbonyl (C=S) groups is 1. The van der Waals surface area contributed by atoms with Crippen molar-refractivity contribution in [3.05, 3.63) is 34.4 Å². The van der Waals surface area contributed by atoms with Crippen LogP contribution in [0.4, 0.5) is 11.4 Å². The molecule has 2 N–H and O–H groups in total. The molecule has 0 bridgehead atoms. The molecule has 1 saturated carbocycles. The number of nitrogens with one attached hydrogen (secondary N) is 2. The summed E-state index contributed by atoms with van der Waals surface area (Å²) in [5, 5.41) is 17.6. The van der Waals surface area contributed by atoms with Gasteiger partial charge < -0.3 is 10.6 Å². The quantitative estimate of drug-likeness (QED) is 0.506. The van der Waals surface area contributed by atoms with Crippen LogP contribution in [0.1, 0.15) is 33.1 Å². The molecular weight excluding hydrogens is 286 g/mol. The van der Waals surface area contributed by atoms with E-state index in [0.29, 0.717) is 23.0 Å². The molecule has 0 heterocycles. The Labute approximate surface area is 130 Å². The molecule has 5 nitrogen and oxygen atoms in total. The lowest BCUT2D eigenvalue weighted by molar-refractivity contribution is -0.384. The summed E-state index contributed by atoms with van der Waals surface area (Å²) < 4.78 is 0. The number of hydrogen-bond donors (Lipinski definition) is 2. The molecule has 0 saturated heterocycles. The summed E-state index contributed by atoms with van der Waals surface area (Å²) in [6.07, 6.45) is 3.64. The molecule has 0 radical (unpaired) electrons. The number of nitrogens with zero attached hydrogens (tertiary/aromatic N) is 1. The molecular formula is C15H21N3O2S. The fourth-order valence-corrected chi connectivity index (χ4v) is 3.06. The molecule has 3 atom stereocenters. The van der Waals surface area contributed by atoms with Crippen LogP contribution in [0, 0.1) is 22.0 Å². The van der Waals surface area contributed by atoms with Crippen LogP contribution in [0.2, 0.25) is 0 Å². The predicted octanol–water partition coefficient (Wildman–Crippen LogP) is 3.71. The molecule has 114 valence electrons. The van der Waals surface area contributed by atoms with E-state index in [2.05, 4.69) is 24.5 Å². The molecule has 1 aromatic carbocycles. The fraction of sp³-hybridized carbons (Fsp3) is 0.533. The first kappa shape index (κ1) is 15.7. The smallest absolute Gasteiger partial charge is 0.269 e. The maximum atomic E-state index is 10.6. The largest absolute Gasteiger partial charge is 0.359 e. The summed E-state index contributed by atoms with van der Waals surface area (Å²) in [6, 6.07) is 6.66. The summed E-state index contributed by atoms with van der Waals surface area (Å²) in [6.45, 7) is 4.54. The fourth-order valence-electron chi connectivity index (χ4n) is 2.79. The first-order valence-electron chi connectivity index (χ1n) is 7.29. The summed E-state index contributed by atoms with van der Waals surface area (Å²) in [4.78, 5) is 10.2. The van der Waals surface area contributed by atoms with Crippen LogP contribution < -0.4 is 10.6 Å². The van der Waals surface area contributed by atoms with Crippen molar-refractivity contribution in [2.45, 2.75) is 39.2 Å². The van der Waals surface area contributed by atoms with E-state index in [4.69, 9.17) is 12.2 Å². The highest BCUT2D eigenvalue weighted by atomic mass is 32.1. The van der Waals surface area contributed by atoms with Gasteiger partial charge in [0.1, 0.15) is 0 Å². The third-order valence-corrected chi connectivity index (χ3v) is 4.58. The highest BCUT2D eigenvalue weighted by molar-refractivity contribution is 7.80. The molecule has 0 unspecified atom stereocenters. The van der Waals surface area contributed by atoms with Crippen molar-refractivity contribution in [3.8, 4) is 0 Å². The second kappa shape index (κ2) is 6.85. The van der Waals surface area contributed by atoms with Crippen molar-refractivity contribution in [2.24, 2.45) is 11.8 Å². The van der Waals surface area contributed by atoms with Crippen molar-refractivity contribution in [1.29, 1.82) is 0 Å². The molecule has 0 aromatic heterocycles. The normalized spacial score (nSPS) is 25.1. The molecule has 1 aliphatic rings. The van der Waals surface area contributed by atoms with E-state index >= 15 is 0 Å². The Morgan fingerprint density at radius 2 is 1.95 bits per heavy atom. The number of rotatable bonds is 3. The van der Waals surface area contributed by atoms with Gasteiger partial charge in [-0.25, -0.2) is 0 Å². The molecule has 1 aromatic rings. The van der Waals surface area contributed by atoms with Crippen LogP contribution >= 0.6 is 12.2 Å². The van der Waals surface area contributed by atoms with E-state index in [0.717, 1.165) is 12.1 Å². The topological polar surface area (TPSA) is 67.2 Å². The molecule has 1 fully saturated rings. The lowest BCUT2D eigenvalue weighted by Gasteiger charge is -2.35. The monoisotopic (exact) mass is 307 g/mol. The lowest BCUT2D eigenvalue weighted by Crippen LogP contribution is -2.45. The zero-order valence-electron chi connectivity index (χ0n) is 12.3. The SMILES string of the molecule is C[C@H]1[C@@H](NC(=S)Nc2ccc([N+](=O)[O-])cc2)CCC[C@@H]1C. The molecule has 0 aliphatic heterocycles. The van der Waals surface area contributed by atoms with Crippen LogP contribution in [0.5, 0.6) is 0 Å². The first-order valence-corrected chi connectivity index (χ1v) is 7.70. The van der Waals surface area contributed by atoms with E-state index in [1.54, 1.807) is 12.1 Å². The van der Waals surface area contributed by atoms with Gasteiger partial charge in [-0.2, -0.15) is 0 Å². The van der Waals surface area contributed by atoms with Gasteiger partial charge in [0.05, 0.1) is 4.92 Å². The Bertz CT molecular complexity index is 518. The van der Waals surface area contributed by atoms with Gasteiger partial charge in [-0.05, 0) is 42.6 Å². The van der Waals surface area contributed by atoms with Gasteiger partial charge in [0.25, 0.3) is 5.69 Å². The van der Waals surface area contributed by atoms with Crippen molar-refractivity contribution >= 4 is 28.7 Å². The third-order valence-electron chi connectivity index (χ3n) is 4.36. The number of nitro benzene ring substituents is 1. The van der Waals surface area contributed by atoms with Gasteiger partial charge in [-0.1, -0.05) is 26.7 Å². The van der Waals surface area contributed by atoms with Crippen LogP contribution in [0.15, 0.2) is 24.3 Å². The molecule has 0 amide bonds. The van der Waals surface area contributed by atoms with E-state index in [-0.39, 0.29) is 5.69 Å². The van der Waals surface area contributed by atoms with Crippen LogP contribution in [0.25, 0.3) is 0 Å². The Morgan fingerprint density at radius 1 is 1.29 bits per heavy atom. The molecule has 6 heteroatoms. The number of hydrogen-bond acceptors (Lipinski definition) is 3. The maximum absolute atomic E-state index is 10.6. The lowest BCUT2D eigenvalue weighted by atomic mass is 9.78. The highest BCUT2D eigenvalue weighted by Gasteiger charge is 2.27. The number of non-ortho nitro benzene ring substituents is 1. The van der Waals surface area contributed by atoms with Gasteiger partial charge in [-0.15, -0.1) is 0 Å². The maximum Gasteiger partial charge on any atom is 0.269 e. The van der Waals surface area contributed by atoms with Gasteiger partial charge in [0.2, 0.25) is 0 Å². The van der Waals surface area contributed by atoms with Crippen molar-refractivity contribution in [1.82, 2.24) is 5.32 Å². The number of nitro groups is 1. The minimum absolute atomic E-state index is 0.0779. The summed E-state index contributed by atoms with van der Waals surface area (Å²) in [5.41, 5.74) is 0.837. The Morgan fingerprint density at radius 3 is 2.57 bits per heavy atom. The summed E-state index contributed by atoms with van der Waals surface area (Å²) in [7, 11) is 0. The van der Waals surface area contributed by atoms with E-state index < -0.39 is 4.92 Å². The van der Waals surface area contributed by atoms with E-state index in [1.807, 2.05) is 0 Å². The molecule has 1 aliphatic carbocycles. The molecule has 0 spiro atoms. The molecule has 2 rings (SSSR count). The van der Waals surface area contributed by atoms with Gasteiger partial charge in [0.15, 0.2) is 5.11 Å². The van der Waals surface area contributed by atoms with Crippen molar-refractivity contribution < 1.29 is 4.92 Å². The van der Waals surface area contributed by atoms with Gasteiger partial charge in [0, 0.05) is 23.9 Å². The Kier molecular flexibility index (Phi) is 5.12. The van der Waals surface area contributed by atoms with Crippen LogP contribution in [-0.4, -0.2) is 16.1 Å². The minimum Gasteiger partial charge on any atom is -0.359 e. The molecule has 21 heavy (non-hydrogen) atoms. The second-order valence-electron chi connectivity index (χ2n) is 5.78. The van der Waals surface area contributed by atoms with Crippen molar-refractivity contribution in [2.75, 3.05) is 5.32 Å². The van der Waals surface area contributed by atoms with Crippen LogP contribution in [0.3, 0.4) is 0 Å². The van der Waals surface area contributed by atoms with Crippen molar-refractivity contribution in [3.63, 3.8) is 0 Å². The number of benzene rings is 1. The summed E-state index contributed by atoms with van der Waals surface area (Å²) in [5.74, 6) is 1.30. The second-order valence-corrected chi connectivity index (χ2v) is 6.18. The minimum atomic E-state index is -0.411. The Balaban J connectivity index is 1.90. The van der Waals surface area contributed by atoms with E-state index in [1.165, 1.54) is 25.0 Å². The van der Waals surface area contributed by atoms with Gasteiger partial charge in [-0.3, -0.25) is 10.1 Å². The summed E-state index contributed by atoms with van der Waals surface area (Å²) >= 11 is 5.34. The zero-order chi connectivity index (χ0) is 15.4. The third kappa shape index (κ3) is 4.14. The average Bonchev–Trinajstić information content (AvgIpc) is 2.44. The van der Waals surface area contributed by atoms with Crippen LogP contribution in [-0.2, 0) is 0 Å². The number of anilines is 1. The Hall–Kier alpha value is -1.69. The average molecular weight is 307 g/mol. The highest BCUT2D eigenvalue weighted by Crippen LogP contribution is 2.29. The van der Waals surface area contributed by atoms with Gasteiger partial charge >= 0.3 is 0 Å².